The average molecular weight is 476 g/mol. The van der Waals surface area contributed by atoms with Crippen LogP contribution in [-0.2, 0) is 14.9 Å². The fraction of sp³-hybridized carbons (Fsp3) is 0.619. The molecule has 0 bridgehead atoms. The standard InChI is InChI=1S/C21H25ClF3N3O4/c1-20(13-6-14(22)8-15(7-13)32-12-21(23,24)25)3-5-28(11-20)19(30)27-4-2-17-16(9-27)26-18(29)10-31-17/h6-8,16-17H,2-5,9-12H2,1H3,(H,26,29)/t16?,17-,20?/m0/s1. The van der Waals surface area contributed by atoms with Crippen molar-refractivity contribution in [3.8, 4) is 5.75 Å². The monoisotopic (exact) mass is 475 g/mol. The maximum Gasteiger partial charge on any atom is 0.422 e. The quantitative estimate of drug-likeness (QED) is 0.729. The summed E-state index contributed by atoms with van der Waals surface area (Å²) in [6.07, 6.45) is -3.24. The summed E-state index contributed by atoms with van der Waals surface area (Å²) in [5.74, 6) is -0.135. The lowest BCUT2D eigenvalue weighted by Gasteiger charge is -2.42. The second-order valence-electron chi connectivity index (χ2n) is 8.85. The third-order valence-corrected chi connectivity index (χ3v) is 6.53. The first-order chi connectivity index (χ1) is 15.0. The molecule has 3 aliphatic rings. The third-order valence-electron chi connectivity index (χ3n) is 6.31. The number of alkyl halides is 3. The maximum absolute atomic E-state index is 13.1. The van der Waals surface area contributed by atoms with Gasteiger partial charge in [-0.3, -0.25) is 4.79 Å². The van der Waals surface area contributed by atoms with Gasteiger partial charge < -0.3 is 24.6 Å². The van der Waals surface area contributed by atoms with E-state index in [0.717, 1.165) is 5.56 Å². The van der Waals surface area contributed by atoms with Crippen LogP contribution in [0.2, 0.25) is 5.02 Å². The minimum Gasteiger partial charge on any atom is -0.484 e. The van der Waals surface area contributed by atoms with Crippen molar-refractivity contribution in [2.24, 2.45) is 0 Å². The van der Waals surface area contributed by atoms with E-state index in [2.05, 4.69) is 5.32 Å². The minimum atomic E-state index is -4.45. The SMILES string of the molecule is CC1(c2cc(Cl)cc(OCC(F)(F)F)c2)CCN(C(=O)N2CC[C@@H]3OCC(=O)NC3C2)C1. The van der Waals surface area contributed by atoms with Crippen LogP contribution in [-0.4, -0.2) is 79.5 Å². The molecule has 3 atom stereocenters. The number of ether oxygens (including phenoxy) is 2. The van der Waals surface area contributed by atoms with Gasteiger partial charge in [-0.2, -0.15) is 13.2 Å². The summed E-state index contributed by atoms with van der Waals surface area (Å²) in [5, 5.41) is 3.16. The molecule has 3 saturated heterocycles. The second kappa shape index (κ2) is 8.62. The van der Waals surface area contributed by atoms with E-state index in [1.807, 2.05) is 6.92 Å². The highest BCUT2D eigenvalue weighted by molar-refractivity contribution is 6.30. The number of carbonyl (C=O) groups excluding carboxylic acids is 2. The van der Waals surface area contributed by atoms with Crippen molar-refractivity contribution in [3.63, 3.8) is 0 Å². The molecule has 3 fully saturated rings. The molecule has 1 aromatic rings. The molecule has 3 heterocycles. The molecule has 4 rings (SSSR count). The lowest BCUT2D eigenvalue weighted by atomic mass is 9.82. The molecule has 32 heavy (non-hydrogen) atoms. The number of nitrogens with one attached hydrogen (secondary N) is 1. The normalized spacial score (nSPS) is 28.3. The van der Waals surface area contributed by atoms with Gasteiger partial charge in [0.15, 0.2) is 6.61 Å². The van der Waals surface area contributed by atoms with Gasteiger partial charge in [0.2, 0.25) is 5.91 Å². The van der Waals surface area contributed by atoms with Gasteiger partial charge in [-0.05, 0) is 36.6 Å². The van der Waals surface area contributed by atoms with Gasteiger partial charge in [0.1, 0.15) is 12.4 Å². The number of halogens is 4. The van der Waals surface area contributed by atoms with Crippen molar-refractivity contribution in [2.45, 2.75) is 43.5 Å². The van der Waals surface area contributed by atoms with Crippen LogP contribution in [0.4, 0.5) is 18.0 Å². The molecular formula is C21H25ClF3N3O4. The molecule has 0 aliphatic carbocycles. The predicted octanol–water partition coefficient (Wildman–Crippen LogP) is 2.95. The van der Waals surface area contributed by atoms with Gasteiger partial charge >= 0.3 is 12.2 Å². The number of carbonyl (C=O) groups is 2. The van der Waals surface area contributed by atoms with E-state index < -0.39 is 18.2 Å². The van der Waals surface area contributed by atoms with E-state index in [4.69, 9.17) is 21.1 Å². The van der Waals surface area contributed by atoms with Crippen molar-refractivity contribution in [2.75, 3.05) is 39.4 Å². The van der Waals surface area contributed by atoms with Gasteiger partial charge in [-0.1, -0.05) is 18.5 Å². The number of morpholine rings is 1. The number of hydrogen-bond acceptors (Lipinski definition) is 4. The number of piperidine rings is 1. The van der Waals surface area contributed by atoms with E-state index in [1.54, 1.807) is 21.9 Å². The molecular weight excluding hydrogens is 451 g/mol. The van der Waals surface area contributed by atoms with Crippen LogP contribution >= 0.6 is 11.6 Å². The average Bonchev–Trinajstić information content (AvgIpc) is 3.14. The highest BCUT2D eigenvalue weighted by Crippen LogP contribution is 2.38. The number of hydrogen-bond donors (Lipinski definition) is 1. The van der Waals surface area contributed by atoms with Crippen LogP contribution in [0.5, 0.6) is 5.75 Å². The molecule has 3 aliphatic heterocycles. The van der Waals surface area contributed by atoms with Gasteiger partial charge in [0, 0.05) is 36.6 Å². The number of likely N-dealkylation sites (tertiary alicyclic amines) is 2. The Morgan fingerprint density at radius 3 is 2.84 bits per heavy atom. The highest BCUT2D eigenvalue weighted by Gasteiger charge is 2.42. The fourth-order valence-electron chi connectivity index (χ4n) is 4.59. The summed E-state index contributed by atoms with van der Waals surface area (Å²) in [5.41, 5.74) is 0.251. The smallest absolute Gasteiger partial charge is 0.422 e. The molecule has 2 unspecified atom stereocenters. The minimum absolute atomic E-state index is 0.0472. The van der Waals surface area contributed by atoms with E-state index in [9.17, 15) is 22.8 Å². The Kier molecular flexibility index (Phi) is 6.19. The zero-order valence-corrected chi connectivity index (χ0v) is 18.3. The maximum atomic E-state index is 13.1. The van der Waals surface area contributed by atoms with Crippen molar-refractivity contribution < 1.29 is 32.2 Å². The van der Waals surface area contributed by atoms with E-state index in [0.29, 0.717) is 39.0 Å². The first-order valence-corrected chi connectivity index (χ1v) is 10.9. The number of amides is 3. The Bertz CT molecular complexity index is 900. The topological polar surface area (TPSA) is 71.1 Å². The first kappa shape index (κ1) is 23.0. The molecule has 0 saturated carbocycles. The zero-order valence-electron chi connectivity index (χ0n) is 17.6. The van der Waals surface area contributed by atoms with Crippen molar-refractivity contribution in [3.05, 3.63) is 28.8 Å². The Balaban J connectivity index is 1.42. The lowest BCUT2D eigenvalue weighted by molar-refractivity contribution is -0.153. The summed E-state index contributed by atoms with van der Waals surface area (Å²) in [4.78, 5) is 28.2. The zero-order chi connectivity index (χ0) is 23.1. The second-order valence-corrected chi connectivity index (χ2v) is 9.29. The van der Waals surface area contributed by atoms with Crippen LogP contribution in [0.25, 0.3) is 0 Å². The van der Waals surface area contributed by atoms with Gasteiger partial charge in [-0.25, -0.2) is 4.79 Å². The molecule has 11 heteroatoms. The predicted molar refractivity (Wildman–Crippen MR) is 110 cm³/mol. The molecule has 7 nitrogen and oxygen atoms in total. The van der Waals surface area contributed by atoms with Gasteiger partial charge in [0.05, 0.1) is 12.1 Å². The van der Waals surface area contributed by atoms with E-state index >= 15 is 0 Å². The summed E-state index contributed by atoms with van der Waals surface area (Å²) >= 11 is 6.14. The Hall–Kier alpha value is -2.20. The summed E-state index contributed by atoms with van der Waals surface area (Å²) in [7, 11) is 0. The third kappa shape index (κ3) is 5.06. The number of nitrogens with zero attached hydrogens (tertiary/aromatic N) is 2. The van der Waals surface area contributed by atoms with Crippen molar-refractivity contribution in [1.29, 1.82) is 0 Å². The Morgan fingerprint density at radius 2 is 2.09 bits per heavy atom. The van der Waals surface area contributed by atoms with Crippen LogP contribution in [0, 0.1) is 0 Å². The molecule has 1 N–H and O–H groups in total. The van der Waals surface area contributed by atoms with Crippen molar-refractivity contribution >= 4 is 23.5 Å². The lowest BCUT2D eigenvalue weighted by Crippen LogP contribution is -2.62. The summed E-state index contributed by atoms with van der Waals surface area (Å²) in [6.45, 7) is 2.44. The Labute approximate surface area is 188 Å². The number of benzene rings is 1. The first-order valence-electron chi connectivity index (χ1n) is 10.5. The Morgan fingerprint density at radius 1 is 1.31 bits per heavy atom. The fourth-order valence-corrected chi connectivity index (χ4v) is 4.82. The van der Waals surface area contributed by atoms with Gasteiger partial charge in [-0.15, -0.1) is 0 Å². The molecule has 1 aromatic carbocycles. The molecule has 176 valence electrons. The molecule has 3 amide bonds. The number of rotatable bonds is 3. The number of fused-ring (bicyclic) bond motifs is 1. The van der Waals surface area contributed by atoms with Crippen LogP contribution < -0.4 is 10.1 Å². The van der Waals surface area contributed by atoms with E-state index in [1.165, 1.54) is 6.07 Å². The largest absolute Gasteiger partial charge is 0.484 e. The highest BCUT2D eigenvalue weighted by atomic mass is 35.5. The van der Waals surface area contributed by atoms with Crippen LogP contribution in [0.3, 0.4) is 0 Å². The number of urea groups is 1. The van der Waals surface area contributed by atoms with Crippen LogP contribution in [0.1, 0.15) is 25.3 Å². The van der Waals surface area contributed by atoms with Crippen LogP contribution in [0.15, 0.2) is 18.2 Å². The summed E-state index contributed by atoms with van der Waals surface area (Å²) in [6, 6.07) is 4.28. The van der Waals surface area contributed by atoms with E-state index in [-0.39, 0.29) is 41.5 Å². The summed E-state index contributed by atoms with van der Waals surface area (Å²) < 4.78 is 48.0. The van der Waals surface area contributed by atoms with Gasteiger partial charge in [0.25, 0.3) is 0 Å². The molecule has 0 aromatic heterocycles. The molecule has 0 radical (unpaired) electrons. The molecule has 0 spiro atoms. The van der Waals surface area contributed by atoms with Crippen molar-refractivity contribution in [1.82, 2.24) is 15.1 Å².